The number of carbonyl (C=O) groups excluding carboxylic acids is 1. The highest BCUT2D eigenvalue weighted by Crippen LogP contribution is 2.13. The van der Waals surface area contributed by atoms with Crippen molar-refractivity contribution in [1.82, 2.24) is 9.97 Å². The number of carbonyl (C=O) groups is 1. The van der Waals surface area contributed by atoms with E-state index in [1.54, 1.807) is 0 Å². The van der Waals surface area contributed by atoms with Crippen LogP contribution in [0.4, 0.5) is 5.82 Å². The summed E-state index contributed by atoms with van der Waals surface area (Å²) in [6, 6.07) is 1.81. The molecule has 1 N–H and O–H groups in total. The molecule has 0 bridgehead atoms. The normalized spacial score (nSPS) is 10.8. The SMILES string of the molecule is CC(C)C(=O)Nc1cc(C(C)C)ncn1. The molecular weight excluding hydrogens is 190 g/mol. The lowest BCUT2D eigenvalue weighted by molar-refractivity contribution is -0.118. The largest absolute Gasteiger partial charge is 0.310 e. The van der Waals surface area contributed by atoms with E-state index in [1.807, 2.05) is 19.9 Å². The molecule has 1 amide bonds. The van der Waals surface area contributed by atoms with Crippen LogP contribution in [0.2, 0.25) is 0 Å². The maximum absolute atomic E-state index is 11.4. The third kappa shape index (κ3) is 3.31. The Kier molecular flexibility index (Phi) is 3.77. The molecule has 0 spiro atoms. The summed E-state index contributed by atoms with van der Waals surface area (Å²) in [5, 5.41) is 2.75. The van der Waals surface area contributed by atoms with Gasteiger partial charge in [-0.1, -0.05) is 27.7 Å². The van der Waals surface area contributed by atoms with Gasteiger partial charge in [0.25, 0.3) is 0 Å². The fourth-order valence-electron chi connectivity index (χ4n) is 1.03. The van der Waals surface area contributed by atoms with Crippen LogP contribution >= 0.6 is 0 Å². The lowest BCUT2D eigenvalue weighted by Crippen LogP contribution is -2.18. The molecule has 1 aromatic heterocycles. The quantitative estimate of drug-likeness (QED) is 0.826. The Bertz CT molecular complexity index is 347. The van der Waals surface area contributed by atoms with E-state index < -0.39 is 0 Å². The molecule has 1 rings (SSSR count). The third-order valence-corrected chi connectivity index (χ3v) is 2.06. The number of hydrogen-bond acceptors (Lipinski definition) is 3. The standard InChI is InChI=1S/C11H17N3O/c1-7(2)9-5-10(13-6-12-9)14-11(15)8(3)4/h5-8H,1-4H3,(H,12,13,14,15). The molecular formula is C11H17N3O. The molecule has 0 saturated heterocycles. The van der Waals surface area contributed by atoms with E-state index in [1.165, 1.54) is 6.33 Å². The number of nitrogens with one attached hydrogen (secondary N) is 1. The third-order valence-electron chi connectivity index (χ3n) is 2.06. The summed E-state index contributed by atoms with van der Waals surface area (Å²) in [6.45, 7) is 7.80. The van der Waals surface area contributed by atoms with Crippen LogP contribution in [0, 0.1) is 5.92 Å². The molecule has 0 atom stereocenters. The zero-order valence-corrected chi connectivity index (χ0v) is 9.61. The maximum Gasteiger partial charge on any atom is 0.228 e. The molecule has 0 fully saturated rings. The van der Waals surface area contributed by atoms with Crippen molar-refractivity contribution in [2.24, 2.45) is 5.92 Å². The molecule has 0 unspecified atom stereocenters. The average Bonchev–Trinajstić information content (AvgIpc) is 2.18. The highest BCUT2D eigenvalue weighted by atomic mass is 16.1. The van der Waals surface area contributed by atoms with Crippen LogP contribution in [-0.2, 0) is 4.79 Å². The van der Waals surface area contributed by atoms with Gasteiger partial charge in [0.2, 0.25) is 5.91 Å². The molecule has 0 radical (unpaired) electrons. The number of anilines is 1. The first-order valence-corrected chi connectivity index (χ1v) is 5.13. The zero-order chi connectivity index (χ0) is 11.4. The van der Waals surface area contributed by atoms with Crippen molar-refractivity contribution in [3.63, 3.8) is 0 Å². The summed E-state index contributed by atoms with van der Waals surface area (Å²) in [5.41, 5.74) is 0.934. The van der Waals surface area contributed by atoms with Gasteiger partial charge in [-0.05, 0) is 5.92 Å². The van der Waals surface area contributed by atoms with Crippen molar-refractivity contribution in [3.8, 4) is 0 Å². The number of rotatable bonds is 3. The van der Waals surface area contributed by atoms with Gasteiger partial charge in [-0.2, -0.15) is 0 Å². The van der Waals surface area contributed by atoms with E-state index in [0.717, 1.165) is 5.69 Å². The number of hydrogen-bond donors (Lipinski definition) is 1. The summed E-state index contributed by atoms with van der Waals surface area (Å²) in [4.78, 5) is 19.6. The van der Waals surface area contributed by atoms with E-state index >= 15 is 0 Å². The van der Waals surface area contributed by atoms with E-state index in [0.29, 0.717) is 11.7 Å². The molecule has 4 heteroatoms. The Morgan fingerprint density at radius 2 is 1.93 bits per heavy atom. The van der Waals surface area contributed by atoms with Crippen LogP contribution < -0.4 is 5.32 Å². The summed E-state index contributed by atoms with van der Waals surface area (Å²) in [6.07, 6.45) is 1.48. The lowest BCUT2D eigenvalue weighted by Gasteiger charge is -2.09. The second-order valence-corrected chi connectivity index (χ2v) is 4.13. The van der Waals surface area contributed by atoms with E-state index in [4.69, 9.17) is 0 Å². The van der Waals surface area contributed by atoms with Crippen molar-refractivity contribution in [2.75, 3.05) is 5.32 Å². The van der Waals surface area contributed by atoms with E-state index in [9.17, 15) is 4.79 Å². The Morgan fingerprint density at radius 1 is 1.27 bits per heavy atom. The van der Waals surface area contributed by atoms with Crippen LogP contribution in [0.1, 0.15) is 39.3 Å². The van der Waals surface area contributed by atoms with Gasteiger partial charge in [-0.15, -0.1) is 0 Å². The zero-order valence-electron chi connectivity index (χ0n) is 9.61. The fraction of sp³-hybridized carbons (Fsp3) is 0.545. The van der Waals surface area contributed by atoms with Crippen molar-refractivity contribution >= 4 is 11.7 Å². The number of nitrogens with zero attached hydrogens (tertiary/aromatic N) is 2. The number of aromatic nitrogens is 2. The van der Waals surface area contributed by atoms with Gasteiger partial charge in [-0.25, -0.2) is 9.97 Å². The summed E-state index contributed by atoms with van der Waals surface area (Å²) >= 11 is 0. The first-order chi connectivity index (χ1) is 7.00. The van der Waals surface area contributed by atoms with Gasteiger partial charge in [0.15, 0.2) is 0 Å². The predicted octanol–water partition coefficient (Wildman–Crippen LogP) is 2.19. The van der Waals surface area contributed by atoms with Crippen LogP contribution in [0.15, 0.2) is 12.4 Å². The molecule has 0 aromatic carbocycles. The van der Waals surface area contributed by atoms with Crippen molar-refractivity contribution < 1.29 is 4.79 Å². The molecule has 0 aliphatic rings. The van der Waals surface area contributed by atoms with E-state index in [-0.39, 0.29) is 11.8 Å². The van der Waals surface area contributed by atoms with Crippen LogP contribution in [-0.4, -0.2) is 15.9 Å². The molecule has 0 aliphatic carbocycles. The van der Waals surface area contributed by atoms with Gasteiger partial charge >= 0.3 is 0 Å². The maximum atomic E-state index is 11.4. The van der Waals surface area contributed by atoms with Gasteiger partial charge in [0.05, 0.1) is 0 Å². The van der Waals surface area contributed by atoms with Crippen molar-refractivity contribution in [3.05, 3.63) is 18.1 Å². The highest BCUT2D eigenvalue weighted by molar-refractivity contribution is 5.91. The van der Waals surface area contributed by atoms with Crippen LogP contribution in [0.5, 0.6) is 0 Å². The Labute approximate surface area is 90.1 Å². The predicted molar refractivity (Wildman–Crippen MR) is 59.6 cm³/mol. The Hall–Kier alpha value is -1.45. The van der Waals surface area contributed by atoms with Gasteiger partial charge in [-0.3, -0.25) is 4.79 Å². The van der Waals surface area contributed by atoms with Gasteiger partial charge < -0.3 is 5.32 Å². The Morgan fingerprint density at radius 3 is 2.47 bits per heavy atom. The van der Waals surface area contributed by atoms with Gasteiger partial charge in [0, 0.05) is 17.7 Å². The fourth-order valence-corrected chi connectivity index (χ4v) is 1.03. The molecule has 1 aromatic rings. The molecule has 1 heterocycles. The average molecular weight is 207 g/mol. The van der Waals surface area contributed by atoms with Crippen molar-refractivity contribution in [2.45, 2.75) is 33.6 Å². The number of amides is 1. The first kappa shape index (κ1) is 11.6. The minimum atomic E-state index is -0.0394. The topological polar surface area (TPSA) is 54.9 Å². The summed E-state index contributed by atoms with van der Waals surface area (Å²) in [7, 11) is 0. The molecule has 82 valence electrons. The lowest BCUT2D eigenvalue weighted by atomic mass is 10.1. The molecule has 0 aliphatic heterocycles. The smallest absolute Gasteiger partial charge is 0.228 e. The summed E-state index contributed by atoms with van der Waals surface area (Å²) in [5.74, 6) is 0.848. The summed E-state index contributed by atoms with van der Waals surface area (Å²) < 4.78 is 0. The van der Waals surface area contributed by atoms with Gasteiger partial charge in [0.1, 0.15) is 12.1 Å². The molecule has 4 nitrogen and oxygen atoms in total. The monoisotopic (exact) mass is 207 g/mol. The van der Waals surface area contributed by atoms with Crippen LogP contribution in [0.25, 0.3) is 0 Å². The second-order valence-electron chi connectivity index (χ2n) is 4.13. The highest BCUT2D eigenvalue weighted by Gasteiger charge is 2.09. The minimum absolute atomic E-state index is 0.0246. The molecule has 15 heavy (non-hydrogen) atoms. The van der Waals surface area contributed by atoms with E-state index in [2.05, 4.69) is 29.1 Å². The molecule has 0 saturated carbocycles. The Balaban J connectivity index is 2.78. The second kappa shape index (κ2) is 4.87. The minimum Gasteiger partial charge on any atom is -0.310 e. The van der Waals surface area contributed by atoms with Crippen molar-refractivity contribution in [1.29, 1.82) is 0 Å². The van der Waals surface area contributed by atoms with Crippen LogP contribution in [0.3, 0.4) is 0 Å². The first-order valence-electron chi connectivity index (χ1n) is 5.13.